The van der Waals surface area contributed by atoms with Gasteiger partial charge in [-0.05, 0) is 19.5 Å². The first-order valence-electron chi connectivity index (χ1n) is 4.04. The molecule has 0 aromatic carbocycles. The Labute approximate surface area is 106 Å². The van der Waals surface area contributed by atoms with Gasteiger partial charge in [0.05, 0.1) is 0 Å². The summed E-state index contributed by atoms with van der Waals surface area (Å²) in [5, 5.41) is 4.42. The van der Waals surface area contributed by atoms with E-state index in [2.05, 4.69) is 10.2 Å². The molecule has 6 nitrogen and oxygen atoms in total. The van der Waals surface area contributed by atoms with Gasteiger partial charge in [0, 0.05) is 0 Å². The number of rotatable bonds is 0. The van der Waals surface area contributed by atoms with Crippen LogP contribution in [0.3, 0.4) is 0 Å². The van der Waals surface area contributed by atoms with Gasteiger partial charge in [0.1, 0.15) is 0 Å². The van der Waals surface area contributed by atoms with Crippen LogP contribution in [-0.2, 0) is 10.4 Å². The quantitative estimate of drug-likeness (QED) is 0.346. The average molecular weight is 232 g/mol. The van der Waals surface area contributed by atoms with E-state index in [4.69, 9.17) is 17.5 Å². The Balaban J connectivity index is 0.000000253. The van der Waals surface area contributed by atoms with Crippen molar-refractivity contribution in [3.63, 3.8) is 0 Å². The van der Waals surface area contributed by atoms with E-state index in [9.17, 15) is 0 Å². The summed E-state index contributed by atoms with van der Waals surface area (Å²) in [7, 11) is -4.67. The average Bonchev–Trinajstić information content (AvgIpc) is 2.27. The normalized spacial score (nSPS) is 29.9. The molecule has 2 aliphatic rings. The Morgan fingerprint density at radius 3 is 2.36 bits per heavy atom. The maximum Gasteiger partial charge on any atom is 1.00 e. The van der Waals surface area contributed by atoms with Gasteiger partial charge < -0.3 is 10.2 Å². The smallest absolute Gasteiger partial charge is 0.646 e. The molecular formula is C6H13N2NaO4S. The second kappa shape index (κ2) is 6.39. The Hall–Kier alpha value is 0.790. The molecule has 2 saturated heterocycles. The molecule has 0 aliphatic carbocycles. The zero-order valence-electron chi connectivity index (χ0n) is 8.13. The third-order valence-electron chi connectivity index (χ3n) is 2.02. The molecule has 0 aromatic rings. The van der Waals surface area contributed by atoms with Crippen molar-refractivity contribution in [2.75, 3.05) is 19.8 Å². The molecule has 2 N–H and O–H groups in total. The van der Waals surface area contributed by atoms with Crippen molar-refractivity contribution in [2.45, 2.75) is 18.9 Å². The number of nitrogens with zero attached hydrogens (tertiary/aromatic N) is 2. The molecule has 14 heavy (non-hydrogen) atoms. The third kappa shape index (κ3) is 7.13. The van der Waals surface area contributed by atoms with Crippen LogP contribution in [0.15, 0.2) is 0 Å². The van der Waals surface area contributed by atoms with Gasteiger partial charge in [0.2, 0.25) is 0 Å². The summed E-state index contributed by atoms with van der Waals surface area (Å²) in [5.41, 5.74) is 0. The first-order valence-corrected chi connectivity index (χ1v) is 5.44. The fourth-order valence-electron chi connectivity index (χ4n) is 1.54. The Morgan fingerprint density at radius 2 is 1.93 bits per heavy atom. The minimum atomic E-state index is -4.67. The predicted octanol–water partition coefficient (Wildman–Crippen LogP) is -2.85. The van der Waals surface area contributed by atoms with Crippen LogP contribution in [0.4, 0.5) is 0 Å². The first kappa shape index (κ1) is 14.8. The zero-order chi connectivity index (χ0) is 9.90. The van der Waals surface area contributed by atoms with Gasteiger partial charge in [0.15, 0.2) is 0 Å². The van der Waals surface area contributed by atoms with E-state index in [-0.39, 0.29) is 29.6 Å². The number of fused-ring (bicyclic) bond motifs is 2. The second-order valence-corrected chi connectivity index (χ2v) is 4.04. The van der Waals surface area contributed by atoms with Crippen molar-refractivity contribution in [2.24, 2.45) is 0 Å². The summed E-state index contributed by atoms with van der Waals surface area (Å²) < 4.78 is 31.6. The molecule has 2 heterocycles. The first-order chi connectivity index (χ1) is 5.95. The van der Waals surface area contributed by atoms with E-state index in [1.165, 1.54) is 25.9 Å². The molecular weight excluding hydrogens is 219 g/mol. The standard InChI is InChI=1S/C6H11N2.Na.H2O4S/c1-2-6-4-8(3-1)5-7-6;;1-5(2,3)4/h6H,1-5H2;;(H2,1,2,3,4)/q-1;+1;. The van der Waals surface area contributed by atoms with Gasteiger partial charge in [-0.2, -0.15) is 8.42 Å². The Kier molecular flexibility index (Phi) is 6.75. The molecule has 2 unspecified atom stereocenters. The monoisotopic (exact) mass is 232 g/mol. The molecule has 2 atom stereocenters. The summed E-state index contributed by atoms with van der Waals surface area (Å²) in [4.78, 5) is 2.42. The molecule has 2 fully saturated rings. The van der Waals surface area contributed by atoms with E-state index in [1.807, 2.05) is 0 Å². The number of hydrogen-bond donors (Lipinski definition) is 2. The fraction of sp³-hybridized carbons (Fsp3) is 1.00. The van der Waals surface area contributed by atoms with Crippen LogP contribution >= 0.6 is 0 Å². The van der Waals surface area contributed by atoms with E-state index in [0.29, 0.717) is 6.04 Å². The zero-order valence-corrected chi connectivity index (χ0v) is 10.9. The van der Waals surface area contributed by atoms with Crippen LogP contribution in [0.2, 0.25) is 0 Å². The maximum atomic E-state index is 8.74. The van der Waals surface area contributed by atoms with Crippen molar-refractivity contribution in [3.8, 4) is 0 Å². The van der Waals surface area contributed by atoms with Crippen molar-refractivity contribution < 1.29 is 47.1 Å². The summed E-state index contributed by atoms with van der Waals surface area (Å²) in [6.45, 7) is 3.56. The SMILES string of the molecule is C1CC2CN(C1)C[N-]2.O=S(=O)(O)O.[Na+]. The third-order valence-corrected chi connectivity index (χ3v) is 2.02. The molecule has 2 rings (SSSR count). The van der Waals surface area contributed by atoms with Crippen LogP contribution in [0.25, 0.3) is 5.32 Å². The second-order valence-electron chi connectivity index (χ2n) is 3.14. The Morgan fingerprint density at radius 1 is 1.36 bits per heavy atom. The molecule has 2 bridgehead atoms. The van der Waals surface area contributed by atoms with Crippen molar-refractivity contribution in [3.05, 3.63) is 5.32 Å². The maximum absolute atomic E-state index is 8.74. The van der Waals surface area contributed by atoms with Gasteiger partial charge >= 0.3 is 40.0 Å². The summed E-state index contributed by atoms with van der Waals surface area (Å²) in [6.07, 6.45) is 2.71. The summed E-state index contributed by atoms with van der Waals surface area (Å²) >= 11 is 0. The van der Waals surface area contributed by atoms with Gasteiger partial charge in [0.25, 0.3) is 0 Å². The largest absolute Gasteiger partial charge is 1.00 e. The fourth-order valence-corrected chi connectivity index (χ4v) is 1.54. The van der Waals surface area contributed by atoms with Crippen LogP contribution in [0.5, 0.6) is 0 Å². The summed E-state index contributed by atoms with van der Waals surface area (Å²) in [5.74, 6) is 0. The van der Waals surface area contributed by atoms with E-state index in [0.717, 1.165) is 6.67 Å². The molecule has 2 aliphatic heterocycles. The molecule has 0 aromatic heterocycles. The van der Waals surface area contributed by atoms with Crippen LogP contribution in [-0.4, -0.2) is 48.2 Å². The molecule has 0 amide bonds. The van der Waals surface area contributed by atoms with Crippen molar-refractivity contribution in [1.82, 2.24) is 4.90 Å². The van der Waals surface area contributed by atoms with Crippen molar-refractivity contribution >= 4 is 10.4 Å². The van der Waals surface area contributed by atoms with Gasteiger partial charge in [-0.1, -0.05) is 13.1 Å². The van der Waals surface area contributed by atoms with Gasteiger partial charge in [-0.3, -0.25) is 9.11 Å². The minimum absolute atomic E-state index is 0. The van der Waals surface area contributed by atoms with Crippen LogP contribution in [0.1, 0.15) is 12.8 Å². The van der Waals surface area contributed by atoms with Crippen LogP contribution in [0, 0.1) is 0 Å². The number of hydrogen-bond acceptors (Lipinski definition) is 3. The van der Waals surface area contributed by atoms with E-state index in [1.54, 1.807) is 0 Å². The molecule has 0 spiro atoms. The van der Waals surface area contributed by atoms with Crippen LogP contribution < -0.4 is 29.6 Å². The predicted molar refractivity (Wildman–Crippen MR) is 47.0 cm³/mol. The summed E-state index contributed by atoms with van der Waals surface area (Å²) in [6, 6.07) is 0.712. The van der Waals surface area contributed by atoms with Crippen molar-refractivity contribution in [1.29, 1.82) is 0 Å². The van der Waals surface area contributed by atoms with E-state index < -0.39 is 10.4 Å². The molecule has 78 valence electrons. The van der Waals surface area contributed by atoms with E-state index >= 15 is 0 Å². The molecule has 0 saturated carbocycles. The molecule has 8 heteroatoms. The molecule has 0 radical (unpaired) electrons. The minimum Gasteiger partial charge on any atom is -0.646 e. The Bertz CT molecular complexity index is 237. The van der Waals surface area contributed by atoms with Gasteiger partial charge in [-0.15, -0.1) is 6.04 Å². The number of piperidine rings is 1. The van der Waals surface area contributed by atoms with Gasteiger partial charge in [-0.25, -0.2) is 0 Å². The topological polar surface area (TPSA) is 91.9 Å².